The van der Waals surface area contributed by atoms with Crippen molar-refractivity contribution in [2.75, 3.05) is 39.4 Å². The van der Waals surface area contributed by atoms with Gasteiger partial charge in [-0.05, 0) is 48.4 Å². The van der Waals surface area contributed by atoms with Gasteiger partial charge in [0.25, 0.3) is 17.4 Å². The van der Waals surface area contributed by atoms with Gasteiger partial charge in [0.1, 0.15) is 17.6 Å². The summed E-state index contributed by atoms with van der Waals surface area (Å²) < 4.78 is 11.1. The Morgan fingerprint density at radius 2 is 1.83 bits per heavy atom. The third kappa shape index (κ3) is 4.45. The Balaban J connectivity index is 1.54. The highest BCUT2D eigenvalue weighted by molar-refractivity contribution is 6.46. The zero-order valence-corrected chi connectivity index (χ0v) is 19.9. The Kier molecular flexibility index (Phi) is 6.46. The molecule has 0 spiro atoms. The fourth-order valence-corrected chi connectivity index (χ4v) is 5.03. The molecule has 0 bridgehead atoms. The van der Waals surface area contributed by atoms with Crippen molar-refractivity contribution in [1.82, 2.24) is 9.80 Å². The van der Waals surface area contributed by atoms with Crippen LogP contribution in [0, 0.1) is 10.1 Å². The van der Waals surface area contributed by atoms with Gasteiger partial charge < -0.3 is 19.5 Å². The van der Waals surface area contributed by atoms with E-state index in [1.165, 1.54) is 29.2 Å². The Morgan fingerprint density at radius 3 is 2.53 bits per heavy atom. The van der Waals surface area contributed by atoms with Crippen LogP contribution in [-0.4, -0.2) is 77.0 Å². The van der Waals surface area contributed by atoms with Gasteiger partial charge in [0.15, 0.2) is 0 Å². The fourth-order valence-electron chi connectivity index (χ4n) is 5.03. The lowest BCUT2D eigenvalue weighted by molar-refractivity contribution is -0.384. The molecule has 3 heterocycles. The van der Waals surface area contributed by atoms with E-state index in [4.69, 9.17) is 9.47 Å². The van der Waals surface area contributed by atoms with E-state index in [1.807, 2.05) is 6.92 Å². The summed E-state index contributed by atoms with van der Waals surface area (Å²) in [7, 11) is 0. The number of non-ortho nitro benzene ring substituents is 1. The molecule has 0 radical (unpaired) electrons. The fraction of sp³-hybridized carbons (Fsp3) is 0.385. The zero-order chi connectivity index (χ0) is 25.4. The lowest BCUT2D eigenvalue weighted by atomic mass is 9.94. The first kappa shape index (κ1) is 24.0. The number of carbonyl (C=O) groups is 2. The molecule has 1 amide bonds. The molecule has 3 aliphatic rings. The number of nitro groups is 1. The minimum absolute atomic E-state index is 0.0169. The molecule has 2 aromatic rings. The van der Waals surface area contributed by atoms with Gasteiger partial charge in [0, 0.05) is 50.3 Å². The number of rotatable bonds is 6. The van der Waals surface area contributed by atoms with E-state index >= 15 is 0 Å². The van der Waals surface area contributed by atoms with Crippen molar-refractivity contribution < 1.29 is 29.1 Å². The van der Waals surface area contributed by atoms with E-state index in [1.54, 1.807) is 18.2 Å². The van der Waals surface area contributed by atoms with Gasteiger partial charge in [-0.3, -0.25) is 24.6 Å². The summed E-state index contributed by atoms with van der Waals surface area (Å²) in [4.78, 5) is 40.7. The molecule has 5 rings (SSSR count). The standard InChI is InChI=1S/C26H27N3O7/c1-16-14-19-15-18(4-7-21(19)36-16)24(30)22-23(17-2-5-20(6-3-17)29(33)34)28(26(32)25(22)31)9-8-27-10-12-35-13-11-27/h2-7,15-16,23,30H,8-14H2,1H3/b24-22+. The van der Waals surface area contributed by atoms with Crippen LogP contribution in [0.2, 0.25) is 0 Å². The third-order valence-electron chi connectivity index (χ3n) is 6.89. The Bertz CT molecular complexity index is 1230. The van der Waals surface area contributed by atoms with Crippen molar-refractivity contribution in [3.63, 3.8) is 0 Å². The van der Waals surface area contributed by atoms with Crippen LogP contribution in [-0.2, 0) is 20.7 Å². The second kappa shape index (κ2) is 9.71. The summed E-state index contributed by atoms with van der Waals surface area (Å²) in [6, 6.07) is 10.1. The molecular formula is C26H27N3O7. The molecule has 2 aromatic carbocycles. The van der Waals surface area contributed by atoms with Crippen molar-refractivity contribution in [3.8, 4) is 5.75 Å². The predicted octanol–water partition coefficient (Wildman–Crippen LogP) is 2.67. The smallest absolute Gasteiger partial charge is 0.295 e. The predicted molar refractivity (Wildman–Crippen MR) is 130 cm³/mol. The minimum atomic E-state index is -0.865. The summed E-state index contributed by atoms with van der Waals surface area (Å²) >= 11 is 0. The van der Waals surface area contributed by atoms with E-state index in [0.717, 1.165) is 24.4 Å². The van der Waals surface area contributed by atoms with E-state index < -0.39 is 22.7 Å². The Morgan fingerprint density at radius 1 is 1.11 bits per heavy atom. The number of nitrogens with zero attached hydrogens (tertiary/aromatic N) is 3. The number of Topliss-reactive ketones (excluding diaryl/α,β-unsaturated/α-hetero) is 1. The summed E-state index contributed by atoms with van der Waals surface area (Å²) in [5.74, 6) is -1.01. The number of carbonyl (C=O) groups excluding carboxylic acids is 2. The van der Waals surface area contributed by atoms with Crippen LogP contribution in [0.15, 0.2) is 48.0 Å². The number of hydrogen-bond donors (Lipinski definition) is 1. The molecule has 36 heavy (non-hydrogen) atoms. The monoisotopic (exact) mass is 493 g/mol. The number of fused-ring (bicyclic) bond motifs is 1. The molecule has 1 N–H and O–H groups in total. The van der Waals surface area contributed by atoms with Crippen molar-refractivity contribution >= 4 is 23.1 Å². The van der Waals surface area contributed by atoms with Crippen molar-refractivity contribution in [3.05, 3.63) is 74.8 Å². The highest BCUT2D eigenvalue weighted by atomic mass is 16.6. The number of aliphatic hydroxyl groups is 1. The number of hydrogen-bond acceptors (Lipinski definition) is 8. The number of nitro benzene ring substituents is 1. The molecule has 188 valence electrons. The number of morpholine rings is 1. The maximum Gasteiger partial charge on any atom is 0.295 e. The van der Waals surface area contributed by atoms with Crippen LogP contribution >= 0.6 is 0 Å². The highest BCUT2D eigenvalue weighted by Gasteiger charge is 2.46. The largest absolute Gasteiger partial charge is 0.507 e. The normalized spacial score (nSPS) is 23.5. The van der Waals surface area contributed by atoms with Gasteiger partial charge in [0.05, 0.1) is 29.8 Å². The Labute approximate surface area is 207 Å². The minimum Gasteiger partial charge on any atom is -0.507 e. The van der Waals surface area contributed by atoms with E-state index in [0.29, 0.717) is 37.3 Å². The number of ether oxygens (including phenoxy) is 2. The van der Waals surface area contributed by atoms with Crippen LogP contribution in [0.4, 0.5) is 5.69 Å². The number of aliphatic hydroxyl groups excluding tert-OH is 1. The van der Waals surface area contributed by atoms with Crippen molar-refractivity contribution in [1.29, 1.82) is 0 Å². The van der Waals surface area contributed by atoms with Gasteiger partial charge in [0.2, 0.25) is 0 Å². The average Bonchev–Trinajstić information content (AvgIpc) is 3.38. The number of ketones is 1. The van der Waals surface area contributed by atoms with Crippen molar-refractivity contribution in [2.24, 2.45) is 0 Å². The molecule has 2 atom stereocenters. The lowest BCUT2D eigenvalue weighted by Gasteiger charge is -2.31. The molecule has 10 heteroatoms. The number of benzene rings is 2. The number of amides is 1. The van der Waals surface area contributed by atoms with Crippen LogP contribution < -0.4 is 4.74 Å². The van der Waals surface area contributed by atoms with E-state index in [2.05, 4.69) is 4.90 Å². The van der Waals surface area contributed by atoms with Crippen LogP contribution in [0.25, 0.3) is 5.76 Å². The SMILES string of the molecule is CC1Cc2cc(/C(O)=C3\C(=O)C(=O)N(CCN4CCOCC4)C3c3ccc([N+](=O)[O-])cc3)ccc2O1. The first-order valence-corrected chi connectivity index (χ1v) is 12.0. The Hall–Kier alpha value is -3.76. The van der Waals surface area contributed by atoms with Crippen LogP contribution in [0.1, 0.15) is 29.7 Å². The summed E-state index contributed by atoms with van der Waals surface area (Å²) in [6.07, 6.45) is 0.694. The van der Waals surface area contributed by atoms with Crippen molar-refractivity contribution in [2.45, 2.75) is 25.5 Å². The topological polar surface area (TPSA) is 122 Å². The van der Waals surface area contributed by atoms with E-state index in [9.17, 15) is 24.8 Å². The summed E-state index contributed by atoms with van der Waals surface area (Å²) in [5, 5.41) is 22.5. The highest BCUT2D eigenvalue weighted by Crippen LogP contribution is 2.40. The molecule has 2 saturated heterocycles. The van der Waals surface area contributed by atoms with Gasteiger partial charge in [-0.1, -0.05) is 0 Å². The first-order chi connectivity index (χ1) is 17.3. The molecule has 0 aromatic heterocycles. The molecule has 10 nitrogen and oxygen atoms in total. The molecule has 2 unspecified atom stereocenters. The maximum absolute atomic E-state index is 13.3. The second-order valence-electron chi connectivity index (χ2n) is 9.25. The number of likely N-dealkylation sites (tertiary alicyclic amines) is 1. The molecule has 2 fully saturated rings. The quantitative estimate of drug-likeness (QED) is 0.214. The average molecular weight is 494 g/mol. The van der Waals surface area contributed by atoms with Gasteiger partial charge in [-0.2, -0.15) is 0 Å². The molecular weight excluding hydrogens is 466 g/mol. The molecule has 0 saturated carbocycles. The second-order valence-corrected chi connectivity index (χ2v) is 9.25. The molecule has 0 aliphatic carbocycles. The van der Waals surface area contributed by atoms with E-state index in [-0.39, 0.29) is 29.7 Å². The van der Waals surface area contributed by atoms with Gasteiger partial charge >= 0.3 is 0 Å². The zero-order valence-electron chi connectivity index (χ0n) is 19.9. The summed E-state index contributed by atoms with van der Waals surface area (Å²) in [5.41, 5.74) is 1.73. The molecule has 3 aliphatic heterocycles. The van der Waals surface area contributed by atoms with Gasteiger partial charge in [-0.15, -0.1) is 0 Å². The summed E-state index contributed by atoms with van der Waals surface area (Å²) in [6.45, 7) is 5.40. The van der Waals surface area contributed by atoms with Crippen LogP contribution in [0.5, 0.6) is 5.75 Å². The first-order valence-electron chi connectivity index (χ1n) is 12.0. The van der Waals surface area contributed by atoms with Gasteiger partial charge in [-0.25, -0.2) is 0 Å². The maximum atomic E-state index is 13.3. The lowest BCUT2D eigenvalue weighted by Crippen LogP contribution is -2.42. The van der Waals surface area contributed by atoms with Crippen LogP contribution in [0.3, 0.4) is 0 Å². The third-order valence-corrected chi connectivity index (χ3v) is 6.89.